The molecular weight excluding hydrogens is 194 g/mol. The fourth-order valence-electron chi connectivity index (χ4n) is 2.33. The fraction of sp³-hybridized carbons (Fsp3) is 0.467. The molecule has 2 atom stereocenters. The lowest BCUT2D eigenvalue weighted by atomic mass is 10.0. The van der Waals surface area contributed by atoms with Gasteiger partial charge in [0.2, 0.25) is 0 Å². The van der Waals surface area contributed by atoms with E-state index in [1.165, 1.54) is 24.3 Å². The van der Waals surface area contributed by atoms with Crippen LogP contribution in [0.1, 0.15) is 26.3 Å². The molecule has 1 aliphatic heterocycles. The first-order valence-corrected chi connectivity index (χ1v) is 6.18. The van der Waals surface area contributed by atoms with Gasteiger partial charge in [-0.2, -0.15) is 0 Å². The molecule has 0 radical (unpaired) electrons. The summed E-state index contributed by atoms with van der Waals surface area (Å²) in [6.45, 7) is 9.14. The Morgan fingerprint density at radius 3 is 2.12 bits per heavy atom. The molecule has 0 aliphatic carbocycles. The van der Waals surface area contributed by atoms with Gasteiger partial charge in [0.05, 0.1) is 0 Å². The van der Waals surface area contributed by atoms with Gasteiger partial charge in [0, 0.05) is 18.8 Å². The minimum absolute atomic E-state index is 0.815. The van der Waals surface area contributed by atoms with E-state index in [1.807, 2.05) is 0 Å². The summed E-state index contributed by atoms with van der Waals surface area (Å²) in [5, 5.41) is 0. The number of hydrogen-bond donors (Lipinski definition) is 0. The van der Waals surface area contributed by atoms with Crippen LogP contribution in [0.5, 0.6) is 0 Å². The Morgan fingerprint density at radius 1 is 1.06 bits per heavy atom. The van der Waals surface area contributed by atoms with Crippen LogP contribution in [0.3, 0.4) is 0 Å². The zero-order valence-electron chi connectivity index (χ0n) is 10.5. The average molecular weight is 215 g/mol. The van der Waals surface area contributed by atoms with E-state index in [0.29, 0.717) is 0 Å². The lowest BCUT2D eigenvalue weighted by Gasteiger charge is -2.18. The van der Waals surface area contributed by atoms with Gasteiger partial charge in [0.25, 0.3) is 0 Å². The van der Waals surface area contributed by atoms with Crippen LogP contribution < -0.4 is 4.90 Å². The van der Waals surface area contributed by atoms with Crippen LogP contribution in [0.4, 0.5) is 5.69 Å². The van der Waals surface area contributed by atoms with Crippen LogP contribution in [-0.2, 0) is 0 Å². The molecule has 0 bridgehead atoms. The third-order valence-corrected chi connectivity index (χ3v) is 3.61. The number of hydrogen-bond acceptors (Lipinski definition) is 1. The van der Waals surface area contributed by atoms with Crippen molar-refractivity contribution in [3.05, 3.63) is 35.9 Å². The van der Waals surface area contributed by atoms with Crippen molar-refractivity contribution in [2.75, 3.05) is 18.0 Å². The molecular formula is C15H21N. The molecule has 1 heteroatoms. The van der Waals surface area contributed by atoms with Gasteiger partial charge in [-0.15, -0.1) is 0 Å². The minimum atomic E-state index is 0.815. The lowest BCUT2D eigenvalue weighted by Crippen LogP contribution is -2.19. The Labute approximate surface area is 98.8 Å². The second-order valence-corrected chi connectivity index (χ2v) is 4.95. The Morgan fingerprint density at radius 2 is 1.62 bits per heavy atom. The first kappa shape index (κ1) is 11.3. The van der Waals surface area contributed by atoms with Crippen LogP contribution >= 0.6 is 0 Å². The molecule has 1 aromatic carbocycles. The van der Waals surface area contributed by atoms with Crippen molar-refractivity contribution in [2.24, 2.45) is 11.8 Å². The maximum Gasteiger partial charge on any atom is 0.0366 e. The van der Waals surface area contributed by atoms with Crippen molar-refractivity contribution < 1.29 is 0 Å². The van der Waals surface area contributed by atoms with Gasteiger partial charge in [-0.1, -0.05) is 38.1 Å². The van der Waals surface area contributed by atoms with Gasteiger partial charge in [-0.05, 0) is 36.5 Å². The van der Waals surface area contributed by atoms with Gasteiger partial charge in [-0.25, -0.2) is 0 Å². The van der Waals surface area contributed by atoms with Crippen LogP contribution in [0.2, 0.25) is 0 Å². The van der Waals surface area contributed by atoms with Gasteiger partial charge in [0.15, 0.2) is 0 Å². The summed E-state index contributed by atoms with van der Waals surface area (Å²) in [4.78, 5) is 2.49. The van der Waals surface area contributed by atoms with Gasteiger partial charge in [0.1, 0.15) is 0 Å². The molecule has 0 saturated carbocycles. The first-order valence-electron chi connectivity index (χ1n) is 6.18. The molecule has 16 heavy (non-hydrogen) atoms. The second-order valence-electron chi connectivity index (χ2n) is 4.95. The Bertz CT molecular complexity index is 354. The molecule has 2 unspecified atom stereocenters. The maximum atomic E-state index is 2.49. The molecule has 1 aliphatic rings. The minimum Gasteiger partial charge on any atom is -0.371 e. The zero-order chi connectivity index (χ0) is 11.5. The largest absolute Gasteiger partial charge is 0.371 e. The van der Waals surface area contributed by atoms with E-state index in [4.69, 9.17) is 0 Å². The van der Waals surface area contributed by atoms with Crippen molar-refractivity contribution >= 4 is 11.8 Å². The van der Waals surface area contributed by atoms with E-state index < -0.39 is 0 Å². The summed E-state index contributed by atoms with van der Waals surface area (Å²) < 4.78 is 0. The van der Waals surface area contributed by atoms with Crippen LogP contribution in [0.25, 0.3) is 6.08 Å². The van der Waals surface area contributed by atoms with E-state index in [9.17, 15) is 0 Å². The first-order chi connectivity index (χ1) is 7.70. The number of anilines is 1. The quantitative estimate of drug-likeness (QED) is 0.725. The van der Waals surface area contributed by atoms with Crippen molar-refractivity contribution in [1.82, 2.24) is 0 Å². The SMILES string of the molecule is C/C=C/c1ccc(N2CC(C)C(C)C2)cc1. The fourth-order valence-corrected chi connectivity index (χ4v) is 2.33. The average Bonchev–Trinajstić information content (AvgIpc) is 2.61. The van der Waals surface area contributed by atoms with Gasteiger partial charge >= 0.3 is 0 Å². The molecule has 1 fully saturated rings. The highest BCUT2D eigenvalue weighted by Crippen LogP contribution is 2.27. The normalized spacial score (nSPS) is 25.6. The maximum absolute atomic E-state index is 2.49. The summed E-state index contributed by atoms with van der Waals surface area (Å²) in [7, 11) is 0. The predicted octanol–water partition coefficient (Wildman–Crippen LogP) is 3.81. The summed E-state index contributed by atoms with van der Waals surface area (Å²) in [5.41, 5.74) is 2.65. The molecule has 1 heterocycles. The molecule has 2 rings (SSSR count). The topological polar surface area (TPSA) is 3.24 Å². The van der Waals surface area contributed by atoms with E-state index >= 15 is 0 Å². The van der Waals surface area contributed by atoms with E-state index in [2.05, 4.69) is 62.1 Å². The molecule has 0 amide bonds. The molecule has 0 spiro atoms. The highest BCUT2D eigenvalue weighted by molar-refractivity contribution is 5.56. The van der Waals surface area contributed by atoms with Crippen molar-refractivity contribution in [3.8, 4) is 0 Å². The van der Waals surface area contributed by atoms with Crippen molar-refractivity contribution in [3.63, 3.8) is 0 Å². The Balaban J connectivity index is 2.10. The molecule has 1 saturated heterocycles. The standard InChI is InChI=1S/C15H21N/c1-4-5-14-6-8-15(9-7-14)16-10-12(2)13(3)11-16/h4-9,12-13H,10-11H2,1-3H3/b5-4+. The predicted molar refractivity (Wildman–Crippen MR) is 71.7 cm³/mol. The summed E-state index contributed by atoms with van der Waals surface area (Å²) in [6.07, 6.45) is 4.22. The number of rotatable bonds is 2. The second kappa shape index (κ2) is 4.73. The monoisotopic (exact) mass is 215 g/mol. The van der Waals surface area contributed by atoms with Gasteiger partial charge < -0.3 is 4.90 Å². The lowest BCUT2D eigenvalue weighted by molar-refractivity contribution is 0.494. The van der Waals surface area contributed by atoms with Gasteiger partial charge in [-0.3, -0.25) is 0 Å². The highest BCUT2D eigenvalue weighted by atomic mass is 15.2. The number of nitrogens with zero attached hydrogens (tertiary/aromatic N) is 1. The van der Waals surface area contributed by atoms with E-state index in [0.717, 1.165) is 11.8 Å². The summed E-state index contributed by atoms with van der Waals surface area (Å²) in [6, 6.07) is 8.87. The van der Waals surface area contributed by atoms with Crippen molar-refractivity contribution in [2.45, 2.75) is 20.8 Å². The third-order valence-electron chi connectivity index (χ3n) is 3.61. The third kappa shape index (κ3) is 2.29. The number of benzene rings is 1. The molecule has 0 aromatic heterocycles. The summed E-state index contributed by atoms with van der Waals surface area (Å²) in [5.74, 6) is 1.63. The molecule has 1 nitrogen and oxygen atoms in total. The molecule has 1 aromatic rings. The van der Waals surface area contributed by atoms with E-state index in [1.54, 1.807) is 0 Å². The van der Waals surface area contributed by atoms with Crippen LogP contribution in [0, 0.1) is 11.8 Å². The molecule has 86 valence electrons. The Kier molecular flexibility index (Phi) is 3.33. The molecule has 0 N–H and O–H groups in total. The zero-order valence-corrected chi connectivity index (χ0v) is 10.5. The summed E-state index contributed by atoms with van der Waals surface area (Å²) >= 11 is 0. The van der Waals surface area contributed by atoms with Crippen LogP contribution in [0.15, 0.2) is 30.3 Å². The highest BCUT2D eigenvalue weighted by Gasteiger charge is 2.25. The van der Waals surface area contributed by atoms with E-state index in [-0.39, 0.29) is 0 Å². The van der Waals surface area contributed by atoms with Crippen molar-refractivity contribution in [1.29, 1.82) is 0 Å². The smallest absolute Gasteiger partial charge is 0.0366 e. The number of allylic oxidation sites excluding steroid dienone is 1. The Hall–Kier alpha value is -1.24. The van der Waals surface area contributed by atoms with Crippen LogP contribution in [-0.4, -0.2) is 13.1 Å².